The maximum Gasteiger partial charge on any atom is 0.227 e. The average Bonchev–Trinajstić information content (AvgIpc) is 2.59. The predicted octanol–water partition coefficient (Wildman–Crippen LogP) is 3.41. The van der Waals surface area contributed by atoms with Crippen molar-refractivity contribution >= 4 is 23.2 Å². The van der Waals surface area contributed by atoms with E-state index in [-0.39, 0.29) is 17.9 Å². The lowest BCUT2D eigenvalue weighted by molar-refractivity contribution is -0.120. The van der Waals surface area contributed by atoms with E-state index in [1.54, 1.807) is 11.8 Å². The Morgan fingerprint density at radius 3 is 2.29 bits per heavy atom. The molecule has 4 nitrogen and oxygen atoms in total. The minimum Gasteiger partial charge on any atom is -0.308 e. The van der Waals surface area contributed by atoms with Gasteiger partial charge in [-0.2, -0.15) is 0 Å². The van der Waals surface area contributed by atoms with Crippen LogP contribution in [0.1, 0.15) is 25.8 Å². The quantitative estimate of drug-likeness (QED) is 0.869. The minimum absolute atomic E-state index is 0.00587. The number of hydrogen-bond donors (Lipinski definition) is 0. The molecule has 4 heteroatoms. The molecule has 124 valence electrons. The molecule has 1 aliphatic rings. The van der Waals surface area contributed by atoms with E-state index < -0.39 is 0 Å². The van der Waals surface area contributed by atoms with Crippen LogP contribution in [0.5, 0.6) is 0 Å². The van der Waals surface area contributed by atoms with E-state index in [4.69, 9.17) is 0 Å². The highest BCUT2D eigenvalue weighted by molar-refractivity contribution is 6.03. The van der Waals surface area contributed by atoms with Crippen LogP contribution in [-0.4, -0.2) is 24.4 Å². The maximum atomic E-state index is 12.8. The Bertz CT molecular complexity index is 742. The van der Waals surface area contributed by atoms with Gasteiger partial charge in [-0.25, -0.2) is 0 Å². The summed E-state index contributed by atoms with van der Waals surface area (Å²) in [7, 11) is 0. The summed E-state index contributed by atoms with van der Waals surface area (Å²) in [5.74, 6) is 0.104. The molecule has 2 aromatic carbocycles. The fraction of sp³-hybridized carbons (Fsp3) is 0.300. The van der Waals surface area contributed by atoms with Gasteiger partial charge in [0.25, 0.3) is 0 Å². The Balaban J connectivity index is 1.81. The van der Waals surface area contributed by atoms with Crippen molar-refractivity contribution in [3.63, 3.8) is 0 Å². The molecule has 0 N–H and O–H groups in total. The Labute approximate surface area is 142 Å². The molecule has 2 amide bonds. The summed E-state index contributed by atoms with van der Waals surface area (Å²) in [6, 6.07) is 17.6. The zero-order chi connectivity index (χ0) is 17.1. The van der Waals surface area contributed by atoms with E-state index in [0.717, 1.165) is 23.4 Å². The van der Waals surface area contributed by atoms with Gasteiger partial charge in [-0.05, 0) is 31.0 Å². The molecule has 0 fully saturated rings. The minimum atomic E-state index is -0.0296. The number of nitrogens with zero attached hydrogens (tertiary/aromatic N) is 2. The molecular weight excluding hydrogens is 300 g/mol. The van der Waals surface area contributed by atoms with E-state index in [1.165, 1.54) is 0 Å². The van der Waals surface area contributed by atoms with Gasteiger partial charge in [0.05, 0.1) is 17.4 Å². The molecule has 1 atom stereocenters. The van der Waals surface area contributed by atoms with Gasteiger partial charge in [0.1, 0.15) is 0 Å². The highest BCUT2D eigenvalue weighted by Crippen LogP contribution is 2.35. The molecule has 1 unspecified atom stereocenters. The summed E-state index contributed by atoms with van der Waals surface area (Å²) >= 11 is 0. The second-order valence-corrected chi connectivity index (χ2v) is 6.22. The zero-order valence-electron chi connectivity index (χ0n) is 14.1. The maximum absolute atomic E-state index is 12.8. The third kappa shape index (κ3) is 3.18. The summed E-state index contributed by atoms with van der Waals surface area (Å²) in [4.78, 5) is 28.4. The number of carbonyl (C=O) groups excluding carboxylic acids is 2. The fourth-order valence-electron chi connectivity index (χ4n) is 3.32. The van der Waals surface area contributed by atoms with Crippen LogP contribution in [0, 0.1) is 0 Å². The van der Waals surface area contributed by atoms with Crippen molar-refractivity contribution < 1.29 is 9.59 Å². The molecule has 0 aliphatic carbocycles. The number of benzene rings is 2. The van der Waals surface area contributed by atoms with E-state index in [1.807, 2.05) is 66.4 Å². The predicted molar refractivity (Wildman–Crippen MR) is 96.2 cm³/mol. The third-order valence-corrected chi connectivity index (χ3v) is 4.43. The van der Waals surface area contributed by atoms with Crippen LogP contribution in [0.15, 0.2) is 54.6 Å². The van der Waals surface area contributed by atoms with Gasteiger partial charge in [-0.15, -0.1) is 0 Å². The molecule has 2 aromatic rings. The lowest BCUT2D eigenvalue weighted by atomic mass is 10.1. The number of hydrogen-bond acceptors (Lipinski definition) is 2. The van der Waals surface area contributed by atoms with Gasteiger partial charge in [0.15, 0.2) is 0 Å². The highest BCUT2D eigenvalue weighted by Gasteiger charge is 2.32. The van der Waals surface area contributed by atoms with Crippen molar-refractivity contribution in [1.29, 1.82) is 0 Å². The van der Waals surface area contributed by atoms with Crippen molar-refractivity contribution in [2.75, 3.05) is 16.3 Å². The van der Waals surface area contributed by atoms with Crippen LogP contribution in [0.4, 0.5) is 11.4 Å². The standard InChI is InChI=1S/C20H22N2O2/c1-15-14-21(20(24)13-12-17-8-4-3-5-9-17)18-10-6-7-11-19(18)22(15)16(2)23/h3-11,15H,12-14H2,1-2H3. The van der Waals surface area contributed by atoms with E-state index in [0.29, 0.717) is 13.0 Å². The van der Waals surface area contributed by atoms with Gasteiger partial charge in [0, 0.05) is 19.9 Å². The Hall–Kier alpha value is -2.62. The van der Waals surface area contributed by atoms with Crippen molar-refractivity contribution in [1.82, 2.24) is 0 Å². The second-order valence-electron chi connectivity index (χ2n) is 6.22. The largest absolute Gasteiger partial charge is 0.308 e. The average molecular weight is 322 g/mol. The van der Waals surface area contributed by atoms with Crippen molar-refractivity contribution in [2.45, 2.75) is 32.7 Å². The Morgan fingerprint density at radius 2 is 1.62 bits per heavy atom. The molecule has 3 rings (SSSR count). The highest BCUT2D eigenvalue weighted by atomic mass is 16.2. The normalized spacial score (nSPS) is 16.7. The molecular formula is C20H22N2O2. The fourth-order valence-corrected chi connectivity index (χ4v) is 3.32. The van der Waals surface area contributed by atoms with Crippen LogP contribution in [-0.2, 0) is 16.0 Å². The van der Waals surface area contributed by atoms with Crippen LogP contribution < -0.4 is 9.80 Å². The summed E-state index contributed by atoms with van der Waals surface area (Å²) < 4.78 is 0. The van der Waals surface area contributed by atoms with Crippen LogP contribution >= 0.6 is 0 Å². The molecule has 0 spiro atoms. The van der Waals surface area contributed by atoms with Crippen molar-refractivity contribution in [2.24, 2.45) is 0 Å². The summed E-state index contributed by atoms with van der Waals surface area (Å²) in [5.41, 5.74) is 2.80. The Kier molecular flexibility index (Phi) is 4.65. The van der Waals surface area contributed by atoms with E-state index in [9.17, 15) is 9.59 Å². The zero-order valence-corrected chi connectivity index (χ0v) is 14.1. The number of amides is 2. The summed E-state index contributed by atoms with van der Waals surface area (Å²) in [6.07, 6.45) is 1.19. The van der Waals surface area contributed by atoms with Gasteiger partial charge in [0.2, 0.25) is 11.8 Å². The van der Waals surface area contributed by atoms with Crippen molar-refractivity contribution in [3.8, 4) is 0 Å². The monoisotopic (exact) mass is 322 g/mol. The summed E-state index contributed by atoms with van der Waals surface area (Å²) in [6.45, 7) is 4.08. The van der Waals surface area contributed by atoms with E-state index >= 15 is 0 Å². The number of anilines is 2. The number of aryl methyl sites for hydroxylation is 1. The van der Waals surface area contributed by atoms with Crippen molar-refractivity contribution in [3.05, 3.63) is 60.2 Å². The van der Waals surface area contributed by atoms with E-state index in [2.05, 4.69) is 0 Å². The molecule has 0 aromatic heterocycles. The first-order valence-electron chi connectivity index (χ1n) is 8.31. The van der Waals surface area contributed by atoms with Gasteiger partial charge in [-0.1, -0.05) is 42.5 Å². The number of carbonyl (C=O) groups is 2. The summed E-state index contributed by atoms with van der Waals surface area (Å²) in [5, 5.41) is 0. The molecule has 1 heterocycles. The topological polar surface area (TPSA) is 40.6 Å². The number of rotatable bonds is 3. The first-order chi connectivity index (χ1) is 11.6. The lowest BCUT2D eigenvalue weighted by Gasteiger charge is -2.40. The molecule has 24 heavy (non-hydrogen) atoms. The van der Waals surface area contributed by atoms with Gasteiger partial charge < -0.3 is 9.80 Å². The molecule has 1 aliphatic heterocycles. The molecule has 0 bridgehead atoms. The van der Waals surface area contributed by atoms with Gasteiger partial charge >= 0.3 is 0 Å². The molecule has 0 saturated carbocycles. The first-order valence-corrected chi connectivity index (χ1v) is 8.31. The number of fused-ring (bicyclic) bond motifs is 1. The Morgan fingerprint density at radius 1 is 1.00 bits per heavy atom. The SMILES string of the molecule is CC(=O)N1c2ccccc2N(C(=O)CCc2ccccc2)CC1C. The lowest BCUT2D eigenvalue weighted by Crippen LogP contribution is -2.51. The van der Waals surface area contributed by atoms with Crippen LogP contribution in [0.3, 0.4) is 0 Å². The van der Waals surface area contributed by atoms with Crippen LogP contribution in [0.25, 0.3) is 0 Å². The molecule has 0 saturated heterocycles. The number of para-hydroxylation sites is 2. The smallest absolute Gasteiger partial charge is 0.227 e. The van der Waals surface area contributed by atoms with Gasteiger partial charge in [-0.3, -0.25) is 9.59 Å². The molecule has 0 radical (unpaired) electrons. The first kappa shape index (κ1) is 16.2. The second kappa shape index (κ2) is 6.87. The third-order valence-electron chi connectivity index (χ3n) is 4.43. The van der Waals surface area contributed by atoms with Crippen LogP contribution in [0.2, 0.25) is 0 Å².